The number of amides is 1. The van der Waals surface area contributed by atoms with Crippen molar-refractivity contribution in [3.05, 3.63) is 35.9 Å². The summed E-state index contributed by atoms with van der Waals surface area (Å²) in [7, 11) is 0. The van der Waals surface area contributed by atoms with Crippen LogP contribution in [0.25, 0.3) is 6.08 Å². The minimum Gasteiger partial charge on any atom is -0.465 e. The molecule has 6 heteroatoms. The van der Waals surface area contributed by atoms with Crippen LogP contribution in [0, 0.1) is 6.92 Å². The Labute approximate surface area is 102 Å². The molecule has 0 spiro atoms. The van der Waals surface area contributed by atoms with Gasteiger partial charge in [0.2, 0.25) is 5.91 Å². The summed E-state index contributed by atoms with van der Waals surface area (Å²) in [5.41, 5.74) is 6.36. The van der Waals surface area contributed by atoms with Crippen molar-refractivity contribution >= 4 is 33.5 Å². The summed E-state index contributed by atoms with van der Waals surface area (Å²) in [6.07, 6.45) is 4.51. The molecule has 17 heavy (non-hydrogen) atoms. The molecule has 0 aliphatic rings. The first-order valence-electron chi connectivity index (χ1n) is 4.90. The van der Waals surface area contributed by atoms with Crippen molar-refractivity contribution in [3.8, 4) is 0 Å². The minimum absolute atomic E-state index is 0.268. The summed E-state index contributed by atoms with van der Waals surface area (Å²) in [4.78, 5) is 15.6. The molecule has 0 saturated heterocycles. The van der Waals surface area contributed by atoms with Crippen LogP contribution in [-0.2, 0) is 4.79 Å². The largest absolute Gasteiger partial charge is 0.465 e. The molecule has 3 N–H and O–H groups in total. The Morgan fingerprint density at radius 3 is 3.06 bits per heavy atom. The van der Waals surface area contributed by atoms with E-state index in [-0.39, 0.29) is 5.91 Å². The van der Waals surface area contributed by atoms with Crippen molar-refractivity contribution in [1.29, 1.82) is 0 Å². The summed E-state index contributed by atoms with van der Waals surface area (Å²) in [6.45, 7) is 1.79. The maximum absolute atomic E-state index is 11.5. The first kappa shape index (κ1) is 11.4. The average molecular weight is 249 g/mol. The van der Waals surface area contributed by atoms with E-state index < -0.39 is 0 Å². The molecular weight excluding hydrogens is 238 g/mol. The Bertz CT molecular complexity index is 524. The summed E-state index contributed by atoms with van der Waals surface area (Å²) in [5.74, 6) is 0.352. The molecule has 2 heterocycles. The van der Waals surface area contributed by atoms with Crippen molar-refractivity contribution in [1.82, 2.24) is 4.98 Å². The molecular formula is C11H11N3O2S. The molecule has 0 aliphatic carbocycles. The lowest BCUT2D eigenvalue weighted by Crippen LogP contribution is -2.07. The standard InChI is InChI=1S/C11H11N3O2S/c1-7-10(12)17-11(13-7)14-9(15)5-4-8-3-2-6-16-8/h2-6H,12H2,1H3,(H,13,14,15)/b5-4+. The van der Waals surface area contributed by atoms with Gasteiger partial charge in [-0.15, -0.1) is 0 Å². The quantitative estimate of drug-likeness (QED) is 0.818. The third kappa shape index (κ3) is 2.94. The summed E-state index contributed by atoms with van der Waals surface area (Å²) in [5, 5.41) is 3.73. The maximum atomic E-state index is 11.5. The predicted octanol–water partition coefficient (Wildman–Crippen LogP) is 2.28. The van der Waals surface area contributed by atoms with Crippen molar-refractivity contribution in [2.24, 2.45) is 0 Å². The number of rotatable bonds is 3. The third-order valence-electron chi connectivity index (χ3n) is 2.00. The number of aromatic nitrogens is 1. The zero-order chi connectivity index (χ0) is 12.3. The Morgan fingerprint density at radius 2 is 2.47 bits per heavy atom. The number of carbonyl (C=O) groups excluding carboxylic acids is 1. The van der Waals surface area contributed by atoms with Crippen molar-refractivity contribution in [2.45, 2.75) is 6.92 Å². The van der Waals surface area contributed by atoms with Crippen molar-refractivity contribution < 1.29 is 9.21 Å². The second-order valence-corrected chi connectivity index (χ2v) is 4.34. The van der Waals surface area contributed by atoms with Crippen LogP contribution >= 0.6 is 11.3 Å². The number of anilines is 2. The van der Waals surface area contributed by atoms with Crippen LogP contribution in [0.2, 0.25) is 0 Å². The van der Waals surface area contributed by atoms with Gasteiger partial charge in [-0.3, -0.25) is 10.1 Å². The zero-order valence-electron chi connectivity index (χ0n) is 9.14. The molecule has 0 radical (unpaired) electrons. The van der Waals surface area contributed by atoms with Gasteiger partial charge in [-0.1, -0.05) is 11.3 Å². The van der Waals surface area contributed by atoms with Crippen LogP contribution in [0.3, 0.4) is 0 Å². The van der Waals surface area contributed by atoms with Gasteiger partial charge in [0.05, 0.1) is 12.0 Å². The lowest BCUT2D eigenvalue weighted by Gasteiger charge is -1.94. The molecule has 2 aromatic heterocycles. The van der Waals surface area contributed by atoms with E-state index >= 15 is 0 Å². The van der Waals surface area contributed by atoms with E-state index in [0.717, 1.165) is 5.69 Å². The Morgan fingerprint density at radius 1 is 1.65 bits per heavy atom. The number of nitrogens with one attached hydrogen (secondary N) is 1. The fourth-order valence-corrected chi connectivity index (χ4v) is 1.89. The van der Waals surface area contributed by atoms with Gasteiger partial charge < -0.3 is 10.2 Å². The van der Waals surface area contributed by atoms with Crippen LogP contribution in [0.1, 0.15) is 11.5 Å². The highest BCUT2D eigenvalue weighted by atomic mass is 32.1. The molecule has 0 saturated carbocycles. The molecule has 0 aromatic carbocycles. The predicted molar refractivity (Wildman–Crippen MR) is 67.6 cm³/mol. The van der Waals surface area contributed by atoms with Crippen LogP contribution in [0.15, 0.2) is 28.9 Å². The zero-order valence-corrected chi connectivity index (χ0v) is 9.95. The minimum atomic E-state index is -0.268. The van der Waals surface area contributed by atoms with E-state index in [1.165, 1.54) is 17.4 Å². The van der Waals surface area contributed by atoms with Gasteiger partial charge in [0.15, 0.2) is 5.13 Å². The molecule has 0 bridgehead atoms. The molecule has 5 nitrogen and oxygen atoms in total. The molecule has 1 amide bonds. The summed E-state index contributed by atoms with van der Waals surface area (Å²) in [6, 6.07) is 3.51. The maximum Gasteiger partial charge on any atom is 0.250 e. The van der Waals surface area contributed by atoms with E-state index in [0.29, 0.717) is 15.9 Å². The number of nitrogens with zero attached hydrogens (tertiary/aromatic N) is 1. The van der Waals surface area contributed by atoms with E-state index in [1.54, 1.807) is 31.4 Å². The van der Waals surface area contributed by atoms with E-state index in [4.69, 9.17) is 10.2 Å². The van der Waals surface area contributed by atoms with Gasteiger partial charge in [-0.25, -0.2) is 4.98 Å². The number of furan rings is 1. The van der Waals surface area contributed by atoms with Gasteiger partial charge in [0.25, 0.3) is 0 Å². The number of hydrogen-bond donors (Lipinski definition) is 2. The highest BCUT2D eigenvalue weighted by Gasteiger charge is 2.05. The van der Waals surface area contributed by atoms with Gasteiger partial charge in [-0.2, -0.15) is 0 Å². The van der Waals surface area contributed by atoms with Gasteiger partial charge in [-0.05, 0) is 25.1 Å². The van der Waals surface area contributed by atoms with Gasteiger partial charge in [0.1, 0.15) is 10.8 Å². The molecule has 0 aliphatic heterocycles. The molecule has 2 rings (SSSR count). The fraction of sp³-hybridized carbons (Fsp3) is 0.0909. The lowest BCUT2D eigenvalue weighted by atomic mass is 10.4. The first-order chi connectivity index (χ1) is 8.15. The first-order valence-corrected chi connectivity index (χ1v) is 5.72. The molecule has 0 fully saturated rings. The van der Waals surface area contributed by atoms with E-state index in [2.05, 4.69) is 10.3 Å². The van der Waals surface area contributed by atoms with E-state index in [1.807, 2.05) is 0 Å². The Balaban J connectivity index is 1.98. The third-order valence-corrected chi connectivity index (χ3v) is 2.91. The molecule has 0 atom stereocenters. The number of thiazole rings is 1. The van der Waals surface area contributed by atoms with Crippen molar-refractivity contribution in [2.75, 3.05) is 11.1 Å². The summed E-state index contributed by atoms with van der Waals surface area (Å²) < 4.78 is 5.06. The highest BCUT2D eigenvalue weighted by molar-refractivity contribution is 7.19. The van der Waals surface area contributed by atoms with Gasteiger partial charge >= 0.3 is 0 Å². The molecule has 0 unspecified atom stereocenters. The molecule has 2 aromatic rings. The summed E-state index contributed by atoms with van der Waals surface area (Å²) >= 11 is 1.24. The lowest BCUT2D eigenvalue weighted by molar-refractivity contribution is -0.111. The highest BCUT2D eigenvalue weighted by Crippen LogP contribution is 2.24. The van der Waals surface area contributed by atoms with Crippen LogP contribution in [0.4, 0.5) is 10.1 Å². The van der Waals surface area contributed by atoms with Crippen LogP contribution < -0.4 is 11.1 Å². The molecule has 88 valence electrons. The van der Waals surface area contributed by atoms with E-state index in [9.17, 15) is 4.79 Å². The monoisotopic (exact) mass is 249 g/mol. The Kier molecular flexibility index (Phi) is 3.24. The van der Waals surface area contributed by atoms with Crippen molar-refractivity contribution in [3.63, 3.8) is 0 Å². The SMILES string of the molecule is Cc1nc(NC(=O)/C=C/c2ccco2)sc1N. The Hall–Kier alpha value is -2.08. The number of hydrogen-bond acceptors (Lipinski definition) is 5. The number of nitrogen functional groups attached to an aromatic ring is 1. The second-order valence-electron chi connectivity index (χ2n) is 3.31. The number of nitrogens with two attached hydrogens (primary N) is 1. The van der Waals surface area contributed by atoms with Crippen LogP contribution in [-0.4, -0.2) is 10.9 Å². The van der Waals surface area contributed by atoms with Crippen LogP contribution in [0.5, 0.6) is 0 Å². The normalized spacial score (nSPS) is 10.9. The smallest absolute Gasteiger partial charge is 0.250 e. The topological polar surface area (TPSA) is 81.2 Å². The number of aryl methyl sites for hydroxylation is 1. The van der Waals surface area contributed by atoms with Gasteiger partial charge in [0, 0.05) is 6.08 Å². The average Bonchev–Trinajstić information content (AvgIpc) is 2.87. The second kappa shape index (κ2) is 4.84. The fourth-order valence-electron chi connectivity index (χ4n) is 1.15. The number of carbonyl (C=O) groups is 1.